The quantitative estimate of drug-likeness (QED) is 0.524. The molecule has 2 aromatic carbocycles. The van der Waals surface area contributed by atoms with Crippen molar-refractivity contribution in [2.24, 2.45) is 0 Å². The zero-order valence-corrected chi connectivity index (χ0v) is 11.2. The summed E-state index contributed by atoms with van der Waals surface area (Å²) in [5, 5.41) is 9.16. The molecule has 0 saturated carbocycles. The first-order valence-corrected chi connectivity index (χ1v) is 6.45. The molecule has 0 aromatic heterocycles. The van der Waals surface area contributed by atoms with Crippen LogP contribution in [0.2, 0.25) is 0 Å². The predicted octanol–water partition coefficient (Wildman–Crippen LogP) is 3.57. The first-order valence-electron chi connectivity index (χ1n) is 6.45. The summed E-state index contributed by atoms with van der Waals surface area (Å²) in [6.45, 7) is 2.07. The van der Waals surface area contributed by atoms with E-state index >= 15 is 0 Å². The Bertz CT molecular complexity index is 595. The number of benzene rings is 2. The van der Waals surface area contributed by atoms with Gasteiger partial charge in [-0.25, -0.2) is 4.79 Å². The highest BCUT2D eigenvalue weighted by atomic mass is 16.5. The average Bonchev–Trinajstić information content (AvgIpc) is 2.47. The fourth-order valence-electron chi connectivity index (χ4n) is 1.69. The Morgan fingerprint density at radius 2 is 1.75 bits per heavy atom. The van der Waals surface area contributed by atoms with E-state index in [4.69, 9.17) is 9.84 Å². The van der Waals surface area contributed by atoms with Gasteiger partial charge < -0.3 is 9.84 Å². The van der Waals surface area contributed by atoms with E-state index in [0.29, 0.717) is 5.75 Å². The van der Waals surface area contributed by atoms with Gasteiger partial charge in [-0.1, -0.05) is 31.2 Å². The monoisotopic (exact) mass is 268 g/mol. The lowest BCUT2D eigenvalue weighted by molar-refractivity contribution is -0.128. The van der Waals surface area contributed by atoms with E-state index in [-0.39, 0.29) is 5.75 Å². The third-order valence-corrected chi connectivity index (χ3v) is 2.85. The number of hydrogen-bond acceptors (Lipinski definition) is 3. The average molecular weight is 268 g/mol. The van der Waals surface area contributed by atoms with Crippen LogP contribution in [0.15, 0.2) is 54.6 Å². The van der Waals surface area contributed by atoms with E-state index < -0.39 is 5.97 Å². The van der Waals surface area contributed by atoms with Crippen molar-refractivity contribution in [1.82, 2.24) is 0 Å². The molecule has 0 amide bonds. The topological polar surface area (TPSA) is 46.5 Å². The van der Waals surface area contributed by atoms with Gasteiger partial charge in [0.05, 0.1) is 0 Å². The lowest BCUT2D eigenvalue weighted by Crippen LogP contribution is -2.03. The summed E-state index contributed by atoms with van der Waals surface area (Å²) in [4.78, 5) is 11.6. The van der Waals surface area contributed by atoms with E-state index in [1.807, 2.05) is 12.1 Å². The molecule has 0 radical (unpaired) electrons. The Labute approximate surface area is 118 Å². The largest absolute Gasteiger partial charge is 0.508 e. The van der Waals surface area contributed by atoms with Gasteiger partial charge in [0.25, 0.3) is 0 Å². The number of hydrogen-bond donors (Lipinski definition) is 1. The highest BCUT2D eigenvalue weighted by Crippen LogP contribution is 2.14. The van der Waals surface area contributed by atoms with Gasteiger partial charge in [0.1, 0.15) is 11.5 Å². The molecule has 2 rings (SSSR count). The smallest absolute Gasteiger partial charge is 0.336 e. The van der Waals surface area contributed by atoms with E-state index in [9.17, 15) is 4.79 Å². The molecular formula is C17H16O3. The maximum atomic E-state index is 11.6. The molecule has 3 nitrogen and oxygen atoms in total. The molecule has 0 unspecified atom stereocenters. The molecule has 0 fully saturated rings. The maximum absolute atomic E-state index is 11.6. The van der Waals surface area contributed by atoms with Crippen molar-refractivity contribution >= 4 is 12.0 Å². The molecular weight excluding hydrogens is 252 g/mol. The molecule has 1 N–H and O–H groups in total. The summed E-state index contributed by atoms with van der Waals surface area (Å²) in [7, 11) is 0. The Morgan fingerprint density at radius 3 is 2.35 bits per heavy atom. The molecule has 0 atom stereocenters. The van der Waals surface area contributed by atoms with Crippen molar-refractivity contribution in [2.75, 3.05) is 0 Å². The van der Waals surface area contributed by atoms with Gasteiger partial charge in [-0.15, -0.1) is 0 Å². The van der Waals surface area contributed by atoms with Crippen LogP contribution in [0, 0.1) is 0 Å². The number of phenols is 1. The van der Waals surface area contributed by atoms with Crippen LogP contribution in [0.4, 0.5) is 0 Å². The fourth-order valence-corrected chi connectivity index (χ4v) is 1.69. The molecule has 0 spiro atoms. The standard InChI is InChI=1S/C17H16O3/c1-2-13-5-10-16(11-6-13)20-17(19)12-7-14-3-8-15(18)9-4-14/h3-12,18H,2H2,1H3/b12-7+. The highest BCUT2D eigenvalue weighted by Gasteiger charge is 2.00. The molecule has 0 bridgehead atoms. The van der Waals surface area contributed by atoms with E-state index in [1.165, 1.54) is 11.6 Å². The van der Waals surface area contributed by atoms with Gasteiger partial charge in [-0.2, -0.15) is 0 Å². The van der Waals surface area contributed by atoms with Crippen LogP contribution in [0.3, 0.4) is 0 Å². The lowest BCUT2D eigenvalue weighted by Gasteiger charge is -2.02. The summed E-state index contributed by atoms with van der Waals surface area (Å²) in [6.07, 6.45) is 3.96. The minimum Gasteiger partial charge on any atom is -0.508 e. The minimum atomic E-state index is -0.428. The number of ether oxygens (including phenoxy) is 1. The molecule has 3 heteroatoms. The third-order valence-electron chi connectivity index (χ3n) is 2.85. The maximum Gasteiger partial charge on any atom is 0.336 e. The summed E-state index contributed by atoms with van der Waals surface area (Å²) < 4.78 is 5.18. The van der Waals surface area contributed by atoms with Crippen molar-refractivity contribution in [2.45, 2.75) is 13.3 Å². The highest BCUT2D eigenvalue weighted by molar-refractivity contribution is 5.88. The number of carbonyl (C=O) groups excluding carboxylic acids is 1. The first kappa shape index (κ1) is 13.9. The van der Waals surface area contributed by atoms with Gasteiger partial charge in [-0.3, -0.25) is 0 Å². The van der Waals surface area contributed by atoms with Crippen molar-refractivity contribution in [3.8, 4) is 11.5 Å². The number of rotatable bonds is 4. The molecule has 2 aromatic rings. The predicted molar refractivity (Wildman–Crippen MR) is 78.6 cm³/mol. The summed E-state index contributed by atoms with van der Waals surface area (Å²) >= 11 is 0. The van der Waals surface area contributed by atoms with Crippen molar-refractivity contribution in [1.29, 1.82) is 0 Å². The summed E-state index contributed by atoms with van der Waals surface area (Å²) in [5.41, 5.74) is 2.02. The Kier molecular flexibility index (Phi) is 4.56. The van der Waals surface area contributed by atoms with Gasteiger partial charge >= 0.3 is 5.97 Å². The van der Waals surface area contributed by atoms with Crippen LogP contribution < -0.4 is 4.74 Å². The molecule has 0 saturated heterocycles. The molecule has 0 aliphatic heterocycles. The number of phenolic OH excluding ortho intramolecular Hbond substituents is 1. The minimum absolute atomic E-state index is 0.195. The lowest BCUT2D eigenvalue weighted by atomic mass is 10.2. The summed E-state index contributed by atoms with van der Waals surface area (Å²) in [6, 6.07) is 14.0. The second-order valence-corrected chi connectivity index (χ2v) is 4.34. The number of aromatic hydroxyl groups is 1. The van der Waals surface area contributed by atoms with Crippen LogP contribution in [-0.4, -0.2) is 11.1 Å². The Morgan fingerprint density at radius 1 is 1.10 bits per heavy atom. The SMILES string of the molecule is CCc1ccc(OC(=O)/C=C/c2ccc(O)cc2)cc1. The Balaban J connectivity index is 1.96. The van der Waals surface area contributed by atoms with Gasteiger partial charge in [0.2, 0.25) is 0 Å². The Hall–Kier alpha value is -2.55. The van der Waals surface area contributed by atoms with Crippen molar-refractivity contribution in [3.05, 3.63) is 65.7 Å². The van der Waals surface area contributed by atoms with Crippen LogP contribution in [0.25, 0.3) is 6.08 Å². The third kappa shape index (κ3) is 3.99. The number of carbonyl (C=O) groups is 1. The van der Waals surface area contributed by atoms with E-state index in [2.05, 4.69) is 6.92 Å². The zero-order chi connectivity index (χ0) is 14.4. The van der Waals surface area contributed by atoms with E-state index in [0.717, 1.165) is 12.0 Å². The van der Waals surface area contributed by atoms with Gasteiger partial charge in [0.15, 0.2) is 0 Å². The molecule has 20 heavy (non-hydrogen) atoms. The van der Waals surface area contributed by atoms with Gasteiger partial charge in [-0.05, 0) is 47.9 Å². The van der Waals surface area contributed by atoms with Gasteiger partial charge in [0, 0.05) is 6.08 Å². The van der Waals surface area contributed by atoms with Crippen LogP contribution in [0.1, 0.15) is 18.1 Å². The van der Waals surface area contributed by atoms with Crippen molar-refractivity contribution in [3.63, 3.8) is 0 Å². The van der Waals surface area contributed by atoms with Crippen LogP contribution in [0.5, 0.6) is 11.5 Å². The van der Waals surface area contributed by atoms with E-state index in [1.54, 1.807) is 42.5 Å². The van der Waals surface area contributed by atoms with Crippen LogP contribution >= 0.6 is 0 Å². The molecule has 0 aliphatic carbocycles. The number of esters is 1. The van der Waals surface area contributed by atoms with Crippen LogP contribution in [-0.2, 0) is 11.2 Å². The number of aryl methyl sites for hydroxylation is 1. The first-order chi connectivity index (χ1) is 9.67. The zero-order valence-electron chi connectivity index (χ0n) is 11.2. The fraction of sp³-hybridized carbons (Fsp3) is 0.118. The normalized spacial score (nSPS) is 10.7. The molecule has 102 valence electrons. The second-order valence-electron chi connectivity index (χ2n) is 4.34. The molecule has 0 heterocycles. The second kappa shape index (κ2) is 6.57. The summed E-state index contributed by atoms with van der Waals surface area (Å²) in [5.74, 6) is 0.297. The molecule has 0 aliphatic rings. The van der Waals surface area contributed by atoms with Crippen molar-refractivity contribution < 1.29 is 14.6 Å².